The largest absolute Gasteiger partial charge is 0.383 e. The summed E-state index contributed by atoms with van der Waals surface area (Å²) in [5.74, 6) is 0.694. The van der Waals surface area contributed by atoms with Crippen molar-refractivity contribution in [1.29, 1.82) is 0 Å². The molecular formula is C25H40N4O3. The Labute approximate surface area is 192 Å². The van der Waals surface area contributed by atoms with Gasteiger partial charge in [0.25, 0.3) is 5.56 Å². The third kappa shape index (κ3) is 7.14. The number of carbonyl (C=O) groups is 1. The lowest BCUT2D eigenvalue weighted by atomic mass is 9.91. The van der Waals surface area contributed by atoms with Crippen LogP contribution in [-0.4, -0.2) is 47.2 Å². The van der Waals surface area contributed by atoms with E-state index in [1.165, 1.54) is 0 Å². The van der Waals surface area contributed by atoms with Crippen LogP contribution in [-0.2, 0) is 16.1 Å². The number of ether oxygens (including phenoxy) is 1. The van der Waals surface area contributed by atoms with Gasteiger partial charge in [0, 0.05) is 20.1 Å². The molecule has 0 aliphatic carbocycles. The van der Waals surface area contributed by atoms with Gasteiger partial charge in [-0.2, -0.15) is 0 Å². The summed E-state index contributed by atoms with van der Waals surface area (Å²) in [6.45, 7) is 10.3. The van der Waals surface area contributed by atoms with E-state index in [4.69, 9.17) is 15.5 Å². The SMILES string of the molecule is COCCn1c(C(C)N(CCCCCCN)C(=O)CC(C)(C)C)nc2ccccc2c1=O. The lowest BCUT2D eigenvalue weighted by Crippen LogP contribution is -2.40. The first-order valence-corrected chi connectivity index (χ1v) is 11.7. The molecule has 0 aliphatic rings. The molecule has 1 amide bonds. The van der Waals surface area contributed by atoms with E-state index >= 15 is 0 Å². The average Bonchev–Trinajstić information content (AvgIpc) is 2.74. The Hall–Kier alpha value is -2.25. The van der Waals surface area contributed by atoms with E-state index in [2.05, 4.69) is 20.8 Å². The van der Waals surface area contributed by atoms with Crippen LogP contribution >= 0.6 is 0 Å². The van der Waals surface area contributed by atoms with Crippen molar-refractivity contribution >= 4 is 16.8 Å². The topological polar surface area (TPSA) is 90.4 Å². The Bertz CT molecular complexity index is 933. The van der Waals surface area contributed by atoms with Gasteiger partial charge in [-0.15, -0.1) is 0 Å². The third-order valence-corrected chi connectivity index (χ3v) is 5.61. The summed E-state index contributed by atoms with van der Waals surface area (Å²) in [4.78, 5) is 33.3. The summed E-state index contributed by atoms with van der Waals surface area (Å²) < 4.78 is 6.91. The van der Waals surface area contributed by atoms with E-state index in [-0.39, 0.29) is 22.9 Å². The Morgan fingerprint density at radius 3 is 2.53 bits per heavy atom. The quantitative estimate of drug-likeness (QED) is 0.502. The van der Waals surface area contributed by atoms with E-state index in [1.54, 1.807) is 17.7 Å². The molecule has 1 unspecified atom stereocenters. The highest BCUT2D eigenvalue weighted by atomic mass is 16.5. The van der Waals surface area contributed by atoms with E-state index in [0.717, 1.165) is 25.7 Å². The number of hydrogen-bond acceptors (Lipinski definition) is 5. The molecule has 0 saturated heterocycles. The lowest BCUT2D eigenvalue weighted by molar-refractivity contribution is -0.135. The van der Waals surface area contributed by atoms with Crippen molar-refractivity contribution in [3.05, 3.63) is 40.4 Å². The van der Waals surface area contributed by atoms with Crippen LogP contribution in [0.25, 0.3) is 10.9 Å². The number of para-hydroxylation sites is 1. The zero-order valence-corrected chi connectivity index (χ0v) is 20.4. The summed E-state index contributed by atoms with van der Waals surface area (Å²) in [5, 5.41) is 0.578. The second-order valence-corrected chi connectivity index (χ2v) is 9.64. The minimum atomic E-state index is -0.325. The molecule has 7 heteroatoms. The standard InChI is InChI=1S/C25H40N4O3/c1-19(28(15-11-7-6-10-14-26)22(30)18-25(2,3)4)23-27-21-13-9-8-12-20(21)24(31)29(23)16-17-32-5/h8-9,12-13,19H,6-7,10-11,14-18,26H2,1-5H3. The number of aromatic nitrogens is 2. The van der Waals surface area contributed by atoms with Gasteiger partial charge in [0.05, 0.1) is 30.1 Å². The molecule has 1 heterocycles. The Kier molecular flexibility index (Phi) is 9.84. The van der Waals surface area contributed by atoms with Crippen LogP contribution in [0.2, 0.25) is 0 Å². The number of hydrogen-bond donors (Lipinski definition) is 1. The van der Waals surface area contributed by atoms with Crippen molar-refractivity contribution < 1.29 is 9.53 Å². The summed E-state index contributed by atoms with van der Waals surface area (Å²) in [6, 6.07) is 7.04. The maximum Gasteiger partial charge on any atom is 0.261 e. The normalized spacial score (nSPS) is 12.8. The fourth-order valence-corrected chi connectivity index (χ4v) is 3.91. The first kappa shape index (κ1) is 26.0. The fraction of sp³-hybridized carbons (Fsp3) is 0.640. The Balaban J connectivity index is 2.44. The summed E-state index contributed by atoms with van der Waals surface area (Å²) in [7, 11) is 1.61. The fourth-order valence-electron chi connectivity index (χ4n) is 3.91. The van der Waals surface area contributed by atoms with Crippen LogP contribution < -0.4 is 11.3 Å². The van der Waals surface area contributed by atoms with E-state index in [0.29, 0.717) is 49.4 Å². The molecule has 32 heavy (non-hydrogen) atoms. The van der Waals surface area contributed by atoms with Crippen LogP contribution in [0.1, 0.15) is 71.7 Å². The van der Waals surface area contributed by atoms with Crippen LogP contribution in [0.5, 0.6) is 0 Å². The van der Waals surface area contributed by atoms with Crippen molar-refractivity contribution in [3.63, 3.8) is 0 Å². The number of unbranched alkanes of at least 4 members (excludes halogenated alkanes) is 3. The van der Waals surface area contributed by atoms with Crippen molar-refractivity contribution in [2.45, 2.75) is 72.4 Å². The van der Waals surface area contributed by atoms with Gasteiger partial charge in [0.15, 0.2) is 0 Å². The summed E-state index contributed by atoms with van der Waals surface area (Å²) >= 11 is 0. The van der Waals surface area contributed by atoms with E-state index in [1.807, 2.05) is 30.0 Å². The zero-order chi connectivity index (χ0) is 23.7. The molecule has 0 bridgehead atoms. The number of amides is 1. The molecule has 7 nitrogen and oxygen atoms in total. The van der Waals surface area contributed by atoms with Crippen molar-refractivity contribution in [2.75, 3.05) is 26.8 Å². The molecule has 0 saturated carbocycles. The monoisotopic (exact) mass is 444 g/mol. The highest BCUT2D eigenvalue weighted by Crippen LogP contribution is 2.26. The highest BCUT2D eigenvalue weighted by Gasteiger charge is 2.28. The molecule has 0 aliphatic heterocycles. The minimum absolute atomic E-state index is 0.0875. The average molecular weight is 445 g/mol. The van der Waals surface area contributed by atoms with Crippen LogP contribution in [0.15, 0.2) is 29.1 Å². The first-order valence-electron chi connectivity index (χ1n) is 11.7. The molecule has 2 aromatic rings. The number of nitrogens with two attached hydrogens (primary N) is 1. The molecule has 2 N–H and O–H groups in total. The number of benzene rings is 1. The van der Waals surface area contributed by atoms with Gasteiger partial charge in [-0.3, -0.25) is 14.2 Å². The Morgan fingerprint density at radius 2 is 1.88 bits per heavy atom. The highest BCUT2D eigenvalue weighted by molar-refractivity contribution is 5.78. The molecule has 2 rings (SSSR count). The lowest BCUT2D eigenvalue weighted by Gasteiger charge is -2.33. The molecule has 0 radical (unpaired) electrons. The number of rotatable bonds is 12. The van der Waals surface area contributed by atoms with Gasteiger partial charge in [0.1, 0.15) is 5.82 Å². The second-order valence-electron chi connectivity index (χ2n) is 9.64. The van der Waals surface area contributed by atoms with Gasteiger partial charge >= 0.3 is 0 Å². The van der Waals surface area contributed by atoms with Gasteiger partial charge in [-0.1, -0.05) is 45.7 Å². The molecule has 0 fully saturated rings. The molecule has 0 spiro atoms. The number of methoxy groups -OCH3 is 1. The zero-order valence-electron chi connectivity index (χ0n) is 20.4. The van der Waals surface area contributed by atoms with Gasteiger partial charge in [-0.25, -0.2) is 4.98 Å². The molecule has 178 valence electrons. The van der Waals surface area contributed by atoms with Gasteiger partial charge < -0.3 is 15.4 Å². The number of fused-ring (bicyclic) bond motifs is 1. The van der Waals surface area contributed by atoms with Crippen molar-refractivity contribution in [1.82, 2.24) is 14.5 Å². The summed E-state index contributed by atoms with van der Waals surface area (Å²) in [5.41, 5.74) is 6.04. The van der Waals surface area contributed by atoms with Crippen LogP contribution in [0.3, 0.4) is 0 Å². The maximum absolute atomic E-state index is 13.3. The second kappa shape index (κ2) is 12.1. The van der Waals surface area contributed by atoms with E-state index < -0.39 is 0 Å². The molecule has 1 aromatic carbocycles. The van der Waals surface area contributed by atoms with Gasteiger partial charge in [0.2, 0.25) is 5.91 Å². The predicted octanol–water partition coefficient (Wildman–Crippen LogP) is 3.89. The van der Waals surface area contributed by atoms with E-state index in [9.17, 15) is 9.59 Å². The minimum Gasteiger partial charge on any atom is -0.383 e. The maximum atomic E-state index is 13.3. The van der Waals surface area contributed by atoms with Crippen LogP contribution in [0.4, 0.5) is 0 Å². The molecule has 1 aromatic heterocycles. The van der Waals surface area contributed by atoms with Gasteiger partial charge in [-0.05, 0) is 43.9 Å². The number of carbonyl (C=O) groups excluding carboxylic acids is 1. The van der Waals surface area contributed by atoms with Crippen LogP contribution in [0, 0.1) is 5.41 Å². The molecular weight excluding hydrogens is 404 g/mol. The smallest absolute Gasteiger partial charge is 0.261 e. The van der Waals surface area contributed by atoms with Crippen molar-refractivity contribution in [2.24, 2.45) is 11.1 Å². The summed E-state index contributed by atoms with van der Waals surface area (Å²) in [6.07, 6.45) is 4.41. The predicted molar refractivity (Wildman–Crippen MR) is 130 cm³/mol. The third-order valence-electron chi connectivity index (χ3n) is 5.61. The first-order chi connectivity index (χ1) is 15.2. The molecule has 1 atom stereocenters. The van der Waals surface area contributed by atoms with Crippen molar-refractivity contribution in [3.8, 4) is 0 Å². The number of nitrogens with zero attached hydrogens (tertiary/aromatic N) is 3. The Morgan fingerprint density at radius 1 is 1.19 bits per heavy atom.